The number of carbonyl (C=O) groups is 1. The van der Waals surface area contributed by atoms with Crippen LogP contribution in [0.25, 0.3) is 22.2 Å². The fraction of sp³-hybridized carbons (Fsp3) is 0.130. The van der Waals surface area contributed by atoms with Crippen LogP contribution in [-0.4, -0.2) is 38.1 Å². The van der Waals surface area contributed by atoms with Crippen LogP contribution in [0.3, 0.4) is 0 Å². The summed E-state index contributed by atoms with van der Waals surface area (Å²) in [6.45, 7) is 1.60. The van der Waals surface area contributed by atoms with Crippen LogP contribution in [0.15, 0.2) is 64.5 Å². The number of hydrogen-bond donors (Lipinski definition) is 1. The highest BCUT2D eigenvalue weighted by atomic mass is 32.2. The van der Waals surface area contributed by atoms with E-state index in [1.807, 2.05) is 0 Å². The monoisotopic (exact) mass is 512 g/mol. The number of aryl methyl sites for hydroxylation is 2. The molecule has 0 bridgehead atoms. The van der Waals surface area contributed by atoms with Crippen molar-refractivity contribution in [3.63, 3.8) is 0 Å². The van der Waals surface area contributed by atoms with Crippen LogP contribution in [0, 0.1) is 18.6 Å². The zero-order valence-corrected chi connectivity index (χ0v) is 19.8. The van der Waals surface area contributed by atoms with Crippen molar-refractivity contribution in [3.05, 3.63) is 78.1 Å². The minimum absolute atomic E-state index is 0.0347. The number of rotatable bonds is 5. The number of nitrogens with zero attached hydrogens (tertiary/aromatic N) is 5. The summed E-state index contributed by atoms with van der Waals surface area (Å²) in [6, 6.07) is 6.41. The summed E-state index contributed by atoms with van der Waals surface area (Å²) in [5.41, 5.74) is 2.08. The lowest BCUT2D eigenvalue weighted by molar-refractivity contribution is 0.267. The molecule has 0 unspecified atom stereocenters. The van der Waals surface area contributed by atoms with Crippen LogP contribution in [0.1, 0.15) is 11.3 Å². The Morgan fingerprint density at radius 1 is 1.14 bits per heavy atom. The molecule has 0 saturated carbocycles. The Hall–Kier alpha value is -4.39. The van der Waals surface area contributed by atoms with Crippen molar-refractivity contribution >= 4 is 31.8 Å². The second-order valence-electron chi connectivity index (χ2n) is 8.10. The third-order valence-electron chi connectivity index (χ3n) is 5.43. The van der Waals surface area contributed by atoms with Crippen molar-refractivity contribution in [1.82, 2.24) is 24.5 Å². The molecular weight excluding hydrogens is 494 g/mol. The summed E-state index contributed by atoms with van der Waals surface area (Å²) in [6.07, 6.45) is 6.13. The molecule has 0 aliphatic carbocycles. The zero-order chi connectivity index (χ0) is 25.6. The van der Waals surface area contributed by atoms with Crippen molar-refractivity contribution in [2.45, 2.75) is 18.4 Å². The summed E-state index contributed by atoms with van der Waals surface area (Å²) in [4.78, 5) is 16.4. The lowest BCUT2D eigenvalue weighted by Crippen LogP contribution is -2.21. The fourth-order valence-corrected chi connectivity index (χ4v) is 4.95. The van der Waals surface area contributed by atoms with Crippen molar-refractivity contribution in [1.29, 1.82) is 0 Å². The Labute approximate surface area is 203 Å². The highest BCUT2D eigenvalue weighted by molar-refractivity contribution is 8.06. The number of amides is 1. The molecule has 10 nitrogen and oxygen atoms in total. The third-order valence-corrected chi connectivity index (χ3v) is 6.91. The van der Waals surface area contributed by atoms with Gasteiger partial charge in [0.05, 0.1) is 22.8 Å². The Bertz CT molecular complexity index is 1720. The van der Waals surface area contributed by atoms with E-state index in [0.717, 1.165) is 17.8 Å². The maximum atomic E-state index is 14.8. The van der Waals surface area contributed by atoms with Crippen LogP contribution in [0.5, 0.6) is 0 Å². The average molecular weight is 512 g/mol. The van der Waals surface area contributed by atoms with Gasteiger partial charge in [-0.15, -0.1) is 0 Å². The highest BCUT2D eigenvalue weighted by Crippen LogP contribution is 2.31. The van der Waals surface area contributed by atoms with E-state index >= 15 is 0 Å². The second-order valence-corrected chi connectivity index (χ2v) is 9.91. The molecule has 5 rings (SSSR count). The van der Waals surface area contributed by atoms with Gasteiger partial charge in [0.25, 0.3) is 9.84 Å². The SMILES string of the molecule is Cc1cc(NC(=O)S(=O)(=O)c2cn(Cc3ccc(-c4cnn(C)c4)nc3)c3cc(F)cc(F)c23)no1. The summed E-state index contributed by atoms with van der Waals surface area (Å²) in [5, 5.41) is 7.93. The van der Waals surface area contributed by atoms with Crippen LogP contribution in [-0.2, 0) is 23.4 Å². The maximum absolute atomic E-state index is 14.8. The first-order chi connectivity index (χ1) is 17.1. The number of fused-ring (bicyclic) bond motifs is 1. The van der Waals surface area contributed by atoms with Gasteiger partial charge in [-0.3, -0.25) is 19.8 Å². The van der Waals surface area contributed by atoms with E-state index in [9.17, 15) is 22.0 Å². The van der Waals surface area contributed by atoms with Gasteiger partial charge in [0.1, 0.15) is 22.3 Å². The molecule has 13 heteroatoms. The largest absolute Gasteiger partial charge is 0.360 e. The number of hydrogen-bond acceptors (Lipinski definition) is 7. The van der Waals surface area contributed by atoms with Gasteiger partial charge in [0.2, 0.25) is 0 Å². The first-order valence-electron chi connectivity index (χ1n) is 10.5. The number of aromatic nitrogens is 5. The number of benzene rings is 1. The van der Waals surface area contributed by atoms with E-state index < -0.39 is 37.0 Å². The number of pyridine rings is 1. The number of anilines is 1. The molecule has 4 heterocycles. The molecule has 1 aromatic carbocycles. The maximum Gasteiger partial charge on any atom is 0.346 e. The minimum Gasteiger partial charge on any atom is -0.360 e. The van der Waals surface area contributed by atoms with Crippen molar-refractivity contribution < 1.29 is 26.5 Å². The predicted octanol–water partition coefficient (Wildman–Crippen LogP) is 4.07. The zero-order valence-electron chi connectivity index (χ0n) is 18.9. The topological polar surface area (TPSA) is 125 Å². The summed E-state index contributed by atoms with van der Waals surface area (Å²) >= 11 is 0. The molecule has 1 N–H and O–H groups in total. The Morgan fingerprint density at radius 3 is 2.58 bits per heavy atom. The van der Waals surface area contributed by atoms with Crippen molar-refractivity contribution in [2.24, 2.45) is 7.05 Å². The van der Waals surface area contributed by atoms with Crippen molar-refractivity contribution in [2.75, 3.05) is 5.32 Å². The molecule has 4 aromatic heterocycles. The molecule has 36 heavy (non-hydrogen) atoms. The number of sulfone groups is 1. The van der Waals surface area contributed by atoms with E-state index in [1.54, 1.807) is 49.4 Å². The Balaban J connectivity index is 1.52. The lowest BCUT2D eigenvalue weighted by Gasteiger charge is -2.06. The van der Waals surface area contributed by atoms with Gasteiger partial charge in [0.15, 0.2) is 5.82 Å². The van der Waals surface area contributed by atoms with E-state index in [0.29, 0.717) is 23.1 Å². The highest BCUT2D eigenvalue weighted by Gasteiger charge is 2.31. The molecule has 0 atom stereocenters. The number of halogens is 2. The molecule has 1 amide bonds. The summed E-state index contributed by atoms with van der Waals surface area (Å²) in [5.74, 6) is -1.77. The molecular formula is C23H18F2N6O4S. The molecule has 5 aromatic rings. The normalized spacial score (nSPS) is 11.8. The average Bonchev–Trinajstić information content (AvgIpc) is 3.54. The van der Waals surface area contributed by atoms with E-state index in [1.165, 1.54) is 10.6 Å². The smallest absolute Gasteiger partial charge is 0.346 e. The molecule has 184 valence electrons. The van der Waals surface area contributed by atoms with Gasteiger partial charge in [-0.25, -0.2) is 17.2 Å². The Kier molecular flexibility index (Phi) is 5.63. The van der Waals surface area contributed by atoms with Gasteiger partial charge in [0, 0.05) is 49.9 Å². The van der Waals surface area contributed by atoms with E-state index in [4.69, 9.17) is 4.52 Å². The molecule has 0 aliphatic rings. The van der Waals surface area contributed by atoms with Gasteiger partial charge in [-0.1, -0.05) is 11.2 Å². The van der Waals surface area contributed by atoms with Crippen LogP contribution in [0.2, 0.25) is 0 Å². The van der Waals surface area contributed by atoms with Gasteiger partial charge in [-0.2, -0.15) is 5.10 Å². The molecule has 0 fully saturated rings. The van der Waals surface area contributed by atoms with E-state index in [-0.39, 0.29) is 17.9 Å². The van der Waals surface area contributed by atoms with Crippen molar-refractivity contribution in [3.8, 4) is 11.3 Å². The molecule has 0 radical (unpaired) electrons. The predicted molar refractivity (Wildman–Crippen MR) is 125 cm³/mol. The number of nitrogens with one attached hydrogen (secondary N) is 1. The lowest BCUT2D eigenvalue weighted by atomic mass is 10.2. The second kappa shape index (κ2) is 8.68. The van der Waals surface area contributed by atoms with E-state index in [2.05, 4.69) is 20.6 Å². The van der Waals surface area contributed by atoms with Gasteiger partial charge in [-0.05, 0) is 24.6 Å². The summed E-state index contributed by atoms with van der Waals surface area (Å²) < 4.78 is 62.9. The van der Waals surface area contributed by atoms with Gasteiger partial charge >= 0.3 is 5.24 Å². The molecule has 0 spiro atoms. The molecule has 0 saturated heterocycles. The van der Waals surface area contributed by atoms with Crippen LogP contribution in [0.4, 0.5) is 19.4 Å². The number of carbonyl (C=O) groups excluding carboxylic acids is 1. The minimum atomic E-state index is -4.74. The third kappa shape index (κ3) is 4.24. The first-order valence-corrected chi connectivity index (χ1v) is 12.0. The van der Waals surface area contributed by atoms with Crippen LogP contribution < -0.4 is 5.32 Å². The summed E-state index contributed by atoms with van der Waals surface area (Å²) in [7, 11) is -2.96. The first kappa shape index (κ1) is 23.4. The van der Waals surface area contributed by atoms with Gasteiger partial charge < -0.3 is 9.09 Å². The van der Waals surface area contributed by atoms with Crippen LogP contribution >= 0.6 is 0 Å². The Morgan fingerprint density at radius 2 is 1.94 bits per heavy atom. The fourth-order valence-electron chi connectivity index (χ4n) is 3.78. The quantitative estimate of drug-likeness (QED) is 0.376. The standard InChI is InChI=1S/C23H18F2N6O4S/c1-13-5-21(29-35-13)28-23(32)36(33,34)20-12-31(19-7-16(24)6-17(25)22(19)20)10-14-3-4-18(26-8-14)15-9-27-30(2)11-15/h3-9,11-12H,10H2,1-2H3,(H,28,29,32). The molecule has 0 aliphatic heterocycles.